The van der Waals surface area contributed by atoms with Gasteiger partial charge >= 0.3 is 0 Å². The van der Waals surface area contributed by atoms with E-state index in [1.165, 1.54) is 6.92 Å². The van der Waals surface area contributed by atoms with E-state index in [1.807, 2.05) is 22.9 Å². The first-order valence-electron chi connectivity index (χ1n) is 6.26. The Morgan fingerprint density at radius 1 is 1.19 bits per heavy atom. The fourth-order valence-corrected chi connectivity index (χ4v) is 2.83. The molecule has 0 spiro atoms. The molecule has 21 heavy (non-hydrogen) atoms. The number of carbonyl (C=O) groups excluding carboxylic acids is 1. The molecule has 0 fully saturated rings. The largest absolute Gasteiger partial charge is 0.314 e. The number of rotatable bonds is 2. The van der Waals surface area contributed by atoms with Crippen LogP contribution in [0.1, 0.15) is 6.92 Å². The molecule has 0 bridgehead atoms. The van der Waals surface area contributed by atoms with Crippen LogP contribution in [0.2, 0.25) is 10.0 Å². The van der Waals surface area contributed by atoms with Crippen molar-refractivity contribution >= 4 is 45.8 Å². The van der Waals surface area contributed by atoms with Gasteiger partial charge in [-0.05, 0) is 24.3 Å². The quantitative estimate of drug-likeness (QED) is 0.765. The van der Waals surface area contributed by atoms with Crippen molar-refractivity contribution in [3.05, 3.63) is 52.8 Å². The molecule has 0 radical (unpaired) electrons. The molecule has 3 rings (SSSR count). The molecule has 0 saturated carbocycles. The SMILES string of the molecule is CC(=O)Nc1nccc2c1ccn2-c1c(Cl)cccc1Cl. The van der Waals surface area contributed by atoms with Gasteiger partial charge in [-0.2, -0.15) is 0 Å². The minimum absolute atomic E-state index is 0.168. The Labute approximate surface area is 131 Å². The number of aromatic nitrogens is 2. The number of anilines is 1. The number of hydrogen-bond acceptors (Lipinski definition) is 2. The lowest BCUT2D eigenvalue weighted by molar-refractivity contribution is -0.114. The lowest BCUT2D eigenvalue weighted by Crippen LogP contribution is -2.07. The summed E-state index contributed by atoms with van der Waals surface area (Å²) in [5.41, 5.74) is 1.57. The van der Waals surface area contributed by atoms with Gasteiger partial charge in [-0.15, -0.1) is 0 Å². The smallest absolute Gasteiger partial charge is 0.222 e. The second-order valence-electron chi connectivity index (χ2n) is 4.53. The molecule has 0 atom stereocenters. The van der Waals surface area contributed by atoms with E-state index in [0.29, 0.717) is 21.6 Å². The van der Waals surface area contributed by atoms with Crippen molar-refractivity contribution in [3.63, 3.8) is 0 Å². The highest BCUT2D eigenvalue weighted by Crippen LogP contribution is 2.33. The van der Waals surface area contributed by atoms with E-state index in [0.717, 1.165) is 10.9 Å². The third kappa shape index (κ3) is 2.48. The van der Waals surface area contributed by atoms with Gasteiger partial charge < -0.3 is 9.88 Å². The number of hydrogen-bond donors (Lipinski definition) is 1. The number of amides is 1. The average Bonchev–Trinajstić information content (AvgIpc) is 2.83. The third-order valence-corrected chi connectivity index (χ3v) is 3.70. The molecule has 4 nitrogen and oxygen atoms in total. The Hall–Kier alpha value is -2.04. The second kappa shape index (κ2) is 5.39. The van der Waals surface area contributed by atoms with Crippen LogP contribution in [0, 0.1) is 0 Å². The molecule has 6 heteroatoms. The van der Waals surface area contributed by atoms with E-state index in [1.54, 1.807) is 24.4 Å². The highest BCUT2D eigenvalue weighted by molar-refractivity contribution is 6.37. The van der Waals surface area contributed by atoms with Gasteiger partial charge in [0, 0.05) is 24.7 Å². The van der Waals surface area contributed by atoms with Gasteiger partial charge in [0.25, 0.3) is 0 Å². The van der Waals surface area contributed by atoms with Crippen LogP contribution in [0.25, 0.3) is 16.6 Å². The van der Waals surface area contributed by atoms with Crippen LogP contribution in [0.15, 0.2) is 42.7 Å². The lowest BCUT2D eigenvalue weighted by atomic mass is 10.3. The molecule has 3 aromatic rings. The zero-order valence-electron chi connectivity index (χ0n) is 11.1. The van der Waals surface area contributed by atoms with Crippen molar-refractivity contribution in [2.24, 2.45) is 0 Å². The van der Waals surface area contributed by atoms with Crippen molar-refractivity contribution in [1.82, 2.24) is 9.55 Å². The predicted octanol–water partition coefficient (Wildman–Crippen LogP) is 4.29. The normalized spacial score (nSPS) is 10.8. The Kier molecular flexibility index (Phi) is 3.57. The molecule has 0 aliphatic carbocycles. The van der Waals surface area contributed by atoms with Crippen LogP contribution in [0.4, 0.5) is 5.82 Å². The first-order chi connectivity index (χ1) is 10.1. The minimum Gasteiger partial charge on any atom is -0.314 e. The molecular formula is C15H11Cl2N3O. The molecule has 0 aliphatic rings. The van der Waals surface area contributed by atoms with E-state index in [9.17, 15) is 4.79 Å². The summed E-state index contributed by atoms with van der Waals surface area (Å²) >= 11 is 12.5. The number of fused-ring (bicyclic) bond motifs is 1. The maximum absolute atomic E-state index is 11.2. The summed E-state index contributed by atoms with van der Waals surface area (Å²) in [6.45, 7) is 1.45. The fourth-order valence-electron chi connectivity index (χ4n) is 2.25. The molecule has 0 aliphatic heterocycles. The Bertz CT molecular complexity index is 822. The zero-order chi connectivity index (χ0) is 15.0. The van der Waals surface area contributed by atoms with Crippen LogP contribution < -0.4 is 5.32 Å². The van der Waals surface area contributed by atoms with Gasteiger partial charge in [0.05, 0.1) is 21.2 Å². The number of benzene rings is 1. The van der Waals surface area contributed by atoms with Gasteiger partial charge in [-0.25, -0.2) is 4.98 Å². The Morgan fingerprint density at radius 2 is 1.90 bits per heavy atom. The first kappa shape index (κ1) is 13.9. The number of halogens is 2. The molecule has 106 valence electrons. The maximum Gasteiger partial charge on any atom is 0.222 e. The molecule has 2 aromatic heterocycles. The minimum atomic E-state index is -0.168. The van der Waals surface area contributed by atoms with Crippen molar-refractivity contribution in [2.45, 2.75) is 6.92 Å². The van der Waals surface area contributed by atoms with Crippen LogP contribution in [-0.2, 0) is 4.79 Å². The predicted molar refractivity (Wildman–Crippen MR) is 85.4 cm³/mol. The van der Waals surface area contributed by atoms with Crippen LogP contribution in [-0.4, -0.2) is 15.5 Å². The number of para-hydroxylation sites is 1. The molecular weight excluding hydrogens is 309 g/mol. The van der Waals surface area contributed by atoms with Crippen molar-refractivity contribution < 1.29 is 4.79 Å². The number of carbonyl (C=O) groups is 1. The van der Waals surface area contributed by atoms with Gasteiger partial charge in [-0.3, -0.25) is 4.79 Å². The van der Waals surface area contributed by atoms with Crippen molar-refractivity contribution in [3.8, 4) is 5.69 Å². The highest BCUT2D eigenvalue weighted by atomic mass is 35.5. The number of pyridine rings is 1. The van der Waals surface area contributed by atoms with E-state index >= 15 is 0 Å². The third-order valence-electron chi connectivity index (χ3n) is 3.09. The van der Waals surface area contributed by atoms with Crippen LogP contribution in [0.3, 0.4) is 0 Å². The average molecular weight is 320 g/mol. The topological polar surface area (TPSA) is 46.9 Å². The summed E-state index contributed by atoms with van der Waals surface area (Å²) in [5, 5.41) is 4.64. The van der Waals surface area contributed by atoms with Gasteiger partial charge in [-0.1, -0.05) is 29.3 Å². The molecule has 1 N–H and O–H groups in total. The van der Waals surface area contributed by atoms with E-state index in [2.05, 4.69) is 10.3 Å². The zero-order valence-corrected chi connectivity index (χ0v) is 12.6. The number of nitrogens with zero attached hydrogens (tertiary/aromatic N) is 2. The van der Waals surface area contributed by atoms with Crippen molar-refractivity contribution in [1.29, 1.82) is 0 Å². The summed E-state index contributed by atoms with van der Waals surface area (Å²) in [7, 11) is 0. The summed E-state index contributed by atoms with van der Waals surface area (Å²) in [6, 6.07) is 9.08. The van der Waals surface area contributed by atoms with Gasteiger partial charge in [0.1, 0.15) is 5.82 Å². The monoisotopic (exact) mass is 319 g/mol. The maximum atomic E-state index is 11.2. The van der Waals surface area contributed by atoms with E-state index in [-0.39, 0.29) is 5.91 Å². The van der Waals surface area contributed by atoms with Crippen LogP contribution in [0.5, 0.6) is 0 Å². The van der Waals surface area contributed by atoms with Crippen LogP contribution >= 0.6 is 23.2 Å². The second-order valence-corrected chi connectivity index (χ2v) is 5.34. The van der Waals surface area contributed by atoms with E-state index < -0.39 is 0 Å². The Balaban J connectivity index is 2.24. The molecule has 1 aromatic carbocycles. The molecule has 0 saturated heterocycles. The fraction of sp³-hybridized carbons (Fsp3) is 0.0667. The van der Waals surface area contributed by atoms with Gasteiger partial charge in [0.15, 0.2) is 0 Å². The molecule has 0 unspecified atom stereocenters. The summed E-state index contributed by atoms with van der Waals surface area (Å²) < 4.78 is 1.88. The first-order valence-corrected chi connectivity index (χ1v) is 7.01. The standard InChI is InChI=1S/C15H11Cl2N3O/c1-9(21)19-15-10-6-8-20(13(10)5-7-18-15)14-11(16)3-2-4-12(14)17/h2-8H,1H3,(H,18,19,21). The molecule has 2 heterocycles. The summed E-state index contributed by atoms with van der Waals surface area (Å²) in [5.74, 6) is 0.348. The molecule has 1 amide bonds. The summed E-state index contributed by atoms with van der Waals surface area (Å²) in [6.07, 6.45) is 3.49. The summed E-state index contributed by atoms with van der Waals surface area (Å²) in [4.78, 5) is 15.4. The highest BCUT2D eigenvalue weighted by Gasteiger charge is 2.13. The van der Waals surface area contributed by atoms with Crippen molar-refractivity contribution in [2.75, 3.05) is 5.32 Å². The van der Waals surface area contributed by atoms with Gasteiger partial charge in [0.2, 0.25) is 5.91 Å². The number of nitrogens with one attached hydrogen (secondary N) is 1. The lowest BCUT2D eigenvalue weighted by Gasteiger charge is -2.10. The Morgan fingerprint density at radius 3 is 2.57 bits per heavy atom. The van der Waals surface area contributed by atoms with E-state index in [4.69, 9.17) is 23.2 Å².